The average Bonchev–Trinajstić information content (AvgIpc) is 3.58. The van der Waals surface area contributed by atoms with E-state index in [4.69, 9.17) is 4.74 Å². The number of carbonyl (C=O) groups is 1. The van der Waals surface area contributed by atoms with Gasteiger partial charge in [-0.25, -0.2) is 14.2 Å². The Hall–Kier alpha value is -3.34. The first-order valence-corrected chi connectivity index (χ1v) is 11.2. The summed E-state index contributed by atoms with van der Waals surface area (Å²) >= 11 is 0. The predicted octanol–water partition coefficient (Wildman–Crippen LogP) is 1.90. The smallest absolute Gasteiger partial charge is 0.247 e. The van der Waals surface area contributed by atoms with Crippen LogP contribution in [0.2, 0.25) is 0 Å². The highest BCUT2D eigenvalue weighted by molar-refractivity contribution is 5.77. The van der Waals surface area contributed by atoms with Crippen molar-refractivity contribution in [2.75, 3.05) is 25.1 Å². The fourth-order valence-corrected chi connectivity index (χ4v) is 4.00. The molecule has 11 nitrogen and oxygen atoms in total. The van der Waals surface area contributed by atoms with Gasteiger partial charge in [0, 0.05) is 39.9 Å². The minimum absolute atomic E-state index is 0.204. The number of methoxy groups -OCH3 is 1. The van der Waals surface area contributed by atoms with E-state index in [-0.39, 0.29) is 11.6 Å². The van der Waals surface area contributed by atoms with Gasteiger partial charge in [-0.05, 0) is 52.2 Å². The van der Waals surface area contributed by atoms with Gasteiger partial charge in [-0.15, -0.1) is 10.2 Å². The lowest BCUT2D eigenvalue weighted by atomic mass is 10.2. The van der Waals surface area contributed by atoms with Crippen LogP contribution >= 0.6 is 0 Å². The van der Waals surface area contributed by atoms with Crippen LogP contribution in [0.4, 0.5) is 5.95 Å². The maximum Gasteiger partial charge on any atom is 0.247 e. The molecule has 0 aliphatic carbocycles. The highest BCUT2D eigenvalue weighted by atomic mass is 16.5. The normalized spacial score (nSPS) is 20.5. The van der Waals surface area contributed by atoms with Crippen molar-refractivity contribution in [1.82, 2.24) is 39.7 Å². The van der Waals surface area contributed by atoms with Crippen LogP contribution < -0.4 is 10.2 Å². The van der Waals surface area contributed by atoms with Crippen molar-refractivity contribution in [2.45, 2.75) is 52.2 Å². The van der Waals surface area contributed by atoms with Gasteiger partial charge in [-0.1, -0.05) is 0 Å². The first kappa shape index (κ1) is 22.8. The summed E-state index contributed by atoms with van der Waals surface area (Å²) in [6, 6.07) is 0. The van der Waals surface area contributed by atoms with E-state index in [9.17, 15) is 4.79 Å². The maximum atomic E-state index is 10.1. The van der Waals surface area contributed by atoms with E-state index in [0.29, 0.717) is 11.8 Å². The van der Waals surface area contributed by atoms with Gasteiger partial charge >= 0.3 is 0 Å². The molecule has 0 saturated carbocycles. The fraction of sp³-hybridized carbons (Fsp3) is 0.545. The third-order valence-electron chi connectivity index (χ3n) is 6.07. The predicted molar refractivity (Wildman–Crippen MR) is 124 cm³/mol. The standard InChI is InChI=1S/C18H24N8O.C4H7NO/c1-12-11-19-13(2)16-20-14(22-26(12)16)7-8-15-21-17(23-24(15)4)25-10-6-9-18(25,3)27-5;6-4-2-1-3-5-4/h7-8,11H,6,9-10H2,1-5H3;1-3H2,(H,5,6)/b8-7+;/t18-;/m1./s1. The Bertz CT molecular complexity index is 1140. The van der Waals surface area contributed by atoms with Crippen molar-refractivity contribution in [1.29, 1.82) is 0 Å². The maximum absolute atomic E-state index is 10.1. The van der Waals surface area contributed by atoms with Gasteiger partial charge in [0.1, 0.15) is 5.72 Å². The summed E-state index contributed by atoms with van der Waals surface area (Å²) in [5.74, 6) is 2.23. The van der Waals surface area contributed by atoms with Gasteiger partial charge in [0.15, 0.2) is 17.3 Å². The Kier molecular flexibility index (Phi) is 6.41. The van der Waals surface area contributed by atoms with Crippen LogP contribution in [0.15, 0.2) is 6.20 Å². The number of nitrogens with zero attached hydrogens (tertiary/aromatic N) is 8. The van der Waals surface area contributed by atoms with Crippen molar-refractivity contribution in [2.24, 2.45) is 7.05 Å². The van der Waals surface area contributed by atoms with Gasteiger partial charge in [0.05, 0.1) is 11.4 Å². The summed E-state index contributed by atoms with van der Waals surface area (Å²) in [6.07, 6.45) is 9.31. The number of rotatable bonds is 4. The van der Waals surface area contributed by atoms with Crippen molar-refractivity contribution in [3.63, 3.8) is 0 Å². The number of carbonyl (C=O) groups excluding carboxylic acids is 1. The number of anilines is 1. The molecule has 0 unspecified atom stereocenters. The number of fused-ring (bicyclic) bond motifs is 1. The van der Waals surface area contributed by atoms with E-state index < -0.39 is 0 Å². The number of amides is 1. The zero-order valence-corrected chi connectivity index (χ0v) is 19.9. The second kappa shape index (κ2) is 9.26. The second-order valence-electron chi connectivity index (χ2n) is 8.51. The molecule has 2 saturated heterocycles. The Morgan fingerprint density at radius 2 is 2.00 bits per heavy atom. The topological polar surface area (TPSA) is 115 Å². The highest BCUT2D eigenvalue weighted by Gasteiger charge is 2.38. The summed E-state index contributed by atoms with van der Waals surface area (Å²) in [4.78, 5) is 25.8. The summed E-state index contributed by atoms with van der Waals surface area (Å²) in [6.45, 7) is 7.73. The third-order valence-corrected chi connectivity index (χ3v) is 6.07. The van der Waals surface area contributed by atoms with E-state index in [1.54, 1.807) is 22.5 Å². The first-order valence-electron chi connectivity index (χ1n) is 11.2. The lowest BCUT2D eigenvalue weighted by Gasteiger charge is -2.32. The number of aromatic nitrogens is 7. The molecule has 3 aromatic heterocycles. The van der Waals surface area contributed by atoms with Gasteiger partial charge < -0.3 is 15.0 Å². The average molecular weight is 454 g/mol. The van der Waals surface area contributed by atoms with Gasteiger partial charge in [0.2, 0.25) is 11.9 Å². The van der Waals surface area contributed by atoms with Crippen LogP contribution in [0, 0.1) is 13.8 Å². The minimum atomic E-state index is -0.354. The van der Waals surface area contributed by atoms with E-state index in [2.05, 4.69) is 42.3 Å². The fourth-order valence-electron chi connectivity index (χ4n) is 4.00. The molecule has 2 aliphatic rings. The Balaban J connectivity index is 0.000000376. The van der Waals surface area contributed by atoms with Crippen molar-refractivity contribution in [3.8, 4) is 0 Å². The van der Waals surface area contributed by atoms with Crippen LogP contribution in [0.3, 0.4) is 0 Å². The monoisotopic (exact) mass is 453 g/mol. The first-order chi connectivity index (χ1) is 15.8. The summed E-state index contributed by atoms with van der Waals surface area (Å²) in [5.41, 5.74) is 2.20. The number of ether oxygens (including phenoxy) is 1. The quantitative estimate of drug-likeness (QED) is 0.637. The molecular weight excluding hydrogens is 422 g/mol. The lowest BCUT2D eigenvalue weighted by Crippen LogP contribution is -2.43. The molecule has 0 radical (unpaired) electrons. The molecule has 5 heterocycles. The second-order valence-corrected chi connectivity index (χ2v) is 8.51. The van der Waals surface area contributed by atoms with Crippen molar-refractivity contribution >= 4 is 29.7 Å². The Morgan fingerprint density at radius 3 is 2.64 bits per heavy atom. The minimum Gasteiger partial charge on any atom is -0.359 e. The largest absolute Gasteiger partial charge is 0.359 e. The number of hydrogen-bond acceptors (Lipinski definition) is 8. The number of nitrogens with one attached hydrogen (secondary N) is 1. The molecule has 3 aromatic rings. The molecule has 2 aliphatic heterocycles. The zero-order valence-electron chi connectivity index (χ0n) is 19.9. The molecule has 176 valence electrons. The summed E-state index contributed by atoms with van der Waals surface area (Å²) < 4.78 is 9.25. The van der Waals surface area contributed by atoms with Crippen molar-refractivity contribution < 1.29 is 9.53 Å². The number of aryl methyl sites for hydroxylation is 3. The third kappa shape index (κ3) is 4.72. The lowest BCUT2D eigenvalue weighted by molar-refractivity contribution is -0.119. The zero-order chi connectivity index (χ0) is 23.6. The van der Waals surface area contributed by atoms with E-state index in [0.717, 1.165) is 61.6 Å². The summed E-state index contributed by atoms with van der Waals surface area (Å²) in [7, 11) is 3.61. The Labute approximate surface area is 192 Å². The van der Waals surface area contributed by atoms with E-state index in [1.807, 2.05) is 33.0 Å². The molecule has 11 heteroatoms. The molecule has 2 fully saturated rings. The molecule has 5 rings (SSSR count). The molecule has 33 heavy (non-hydrogen) atoms. The van der Waals surface area contributed by atoms with Crippen LogP contribution in [0.1, 0.15) is 55.6 Å². The van der Waals surface area contributed by atoms with Gasteiger partial charge in [-0.3, -0.25) is 9.78 Å². The van der Waals surface area contributed by atoms with Gasteiger partial charge in [-0.2, -0.15) is 4.98 Å². The Morgan fingerprint density at radius 1 is 1.18 bits per heavy atom. The van der Waals surface area contributed by atoms with Gasteiger partial charge in [0.25, 0.3) is 0 Å². The molecule has 1 N–H and O–H groups in total. The molecule has 0 bridgehead atoms. The molecular formula is C22H31N9O2. The molecule has 0 aromatic carbocycles. The van der Waals surface area contributed by atoms with E-state index in [1.165, 1.54) is 0 Å². The van der Waals surface area contributed by atoms with Crippen LogP contribution in [-0.4, -0.2) is 66.2 Å². The molecule has 1 atom stereocenters. The van der Waals surface area contributed by atoms with Crippen LogP contribution in [0.5, 0.6) is 0 Å². The highest BCUT2D eigenvalue weighted by Crippen LogP contribution is 2.32. The number of hydrogen-bond donors (Lipinski definition) is 1. The SMILES string of the molecule is CO[C@]1(C)CCCN1c1nc(/C=C/c2nc3c(C)ncc(C)n3n2)n(C)n1.O=C1CCCN1. The van der Waals surface area contributed by atoms with Crippen molar-refractivity contribution in [3.05, 3.63) is 29.2 Å². The summed E-state index contributed by atoms with van der Waals surface area (Å²) in [5, 5.41) is 11.8. The van der Waals surface area contributed by atoms with Crippen LogP contribution in [0.25, 0.3) is 17.8 Å². The molecule has 1 amide bonds. The van der Waals surface area contributed by atoms with E-state index >= 15 is 0 Å². The molecule has 0 spiro atoms. The van der Waals surface area contributed by atoms with Crippen LogP contribution in [-0.2, 0) is 16.6 Å².